The van der Waals surface area contributed by atoms with Crippen LogP contribution in [-0.2, 0) is 4.79 Å². The quantitative estimate of drug-likeness (QED) is 0.410. The van der Waals surface area contributed by atoms with Gasteiger partial charge in [0.2, 0.25) is 5.91 Å². The summed E-state index contributed by atoms with van der Waals surface area (Å²) in [5, 5.41) is 6.58. The van der Waals surface area contributed by atoms with Gasteiger partial charge in [-0.2, -0.15) is 0 Å². The van der Waals surface area contributed by atoms with Crippen molar-refractivity contribution in [1.29, 1.82) is 0 Å². The molecule has 1 aliphatic carbocycles. The van der Waals surface area contributed by atoms with Gasteiger partial charge in [-0.1, -0.05) is 24.1 Å². The van der Waals surface area contributed by atoms with E-state index in [0.717, 1.165) is 51.5 Å². The van der Waals surface area contributed by atoms with Gasteiger partial charge in [-0.25, -0.2) is 14.4 Å². The summed E-state index contributed by atoms with van der Waals surface area (Å²) < 4.78 is 26.6. The Bertz CT molecular complexity index is 1300. The molecule has 0 bridgehead atoms. The molecule has 1 amide bonds. The number of hydrogen-bond acceptors (Lipinski definition) is 7. The standard InChI is InChI=1S/C28H33ClFN5O3/c1-31-28(36)23-8-3-4-13-35(23)17-9-11-18(12-10-17)38-25-14-19-22(15-24(25)37-2)32-16-33-27(19)34-21-7-5-6-20(29)26(21)30/h5-7,14-18,23H,3-4,8-13H2,1-2H3,(H,31,36)(H,32,33,34)/t17-,18-,23-/m0/s1. The number of methoxy groups -OCH3 is 1. The Morgan fingerprint density at radius 1 is 1.11 bits per heavy atom. The lowest BCUT2D eigenvalue weighted by Crippen LogP contribution is -2.54. The molecule has 2 aromatic carbocycles. The van der Waals surface area contributed by atoms with Crippen molar-refractivity contribution in [2.45, 2.75) is 63.1 Å². The minimum absolute atomic E-state index is 0.0206. The molecule has 2 heterocycles. The summed E-state index contributed by atoms with van der Waals surface area (Å²) >= 11 is 5.96. The van der Waals surface area contributed by atoms with E-state index in [-0.39, 0.29) is 28.8 Å². The molecule has 202 valence electrons. The van der Waals surface area contributed by atoms with Crippen LogP contribution >= 0.6 is 11.6 Å². The van der Waals surface area contributed by atoms with Crippen molar-refractivity contribution >= 4 is 39.9 Å². The van der Waals surface area contributed by atoms with E-state index in [1.54, 1.807) is 32.4 Å². The van der Waals surface area contributed by atoms with E-state index in [9.17, 15) is 9.18 Å². The molecule has 1 aromatic heterocycles. The molecule has 2 aliphatic rings. The maximum Gasteiger partial charge on any atom is 0.237 e. The number of hydrogen-bond donors (Lipinski definition) is 2. The highest BCUT2D eigenvalue weighted by Gasteiger charge is 2.35. The molecular formula is C28H33ClFN5O3. The number of likely N-dealkylation sites (tertiary alicyclic amines) is 1. The van der Waals surface area contributed by atoms with E-state index in [4.69, 9.17) is 21.1 Å². The van der Waals surface area contributed by atoms with E-state index < -0.39 is 5.82 Å². The average molecular weight is 542 g/mol. The summed E-state index contributed by atoms with van der Waals surface area (Å²) in [6, 6.07) is 8.77. The zero-order valence-corrected chi connectivity index (χ0v) is 22.4. The second-order valence-electron chi connectivity index (χ2n) is 9.88. The summed E-state index contributed by atoms with van der Waals surface area (Å²) in [6.07, 6.45) is 8.29. The van der Waals surface area contributed by atoms with Crippen LogP contribution in [0.15, 0.2) is 36.7 Å². The van der Waals surface area contributed by atoms with Crippen LogP contribution in [0.5, 0.6) is 11.5 Å². The van der Waals surface area contributed by atoms with Gasteiger partial charge in [-0.05, 0) is 63.3 Å². The second-order valence-corrected chi connectivity index (χ2v) is 10.3. The van der Waals surface area contributed by atoms with E-state index >= 15 is 0 Å². The molecule has 10 heteroatoms. The molecule has 1 atom stereocenters. The Morgan fingerprint density at radius 2 is 1.92 bits per heavy atom. The number of ether oxygens (including phenoxy) is 2. The van der Waals surface area contributed by atoms with Crippen molar-refractivity contribution in [2.75, 3.05) is 26.0 Å². The number of fused-ring (bicyclic) bond motifs is 1. The zero-order valence-electron chi connectivity index (χ0n) is 21.7. The van der Waals surface area contributed by atoms with Crippen LogP contribution < -0.4 is 20.1 Å². The number of aromatic nitrogens is 2. The minimum Gasteiger partial charge on any atom is -0.493 e. The van der Waals surface area contributed by atoms with Gasteiger partial charge < -0.3 is 20.1 Å². The van der Waals surface area contributed by atoms with Crippen molar-refractivity contribution in [3.8, 4) is 11.5 Å². The number of piperidine rings is 1. The van der Waals surface area contributed by atoms with E-state index in [1.807, 2.05) is 6.07 Å². The Hall–Kier alpha value is -3.17. The van der Waals surface area contributed by atoms with Gasteiger partial charge >= 0.3 is 0 Å². The number of carbonyl (C=O) groups excluding carboxylic acids is 1. The third kappa shape index (κ3) is 5.49. The van der Waals surface area contributed by atoms with Gasteiger partial charge in [0.05, 0.1) is 35.5 Å². The molecule has 2 N–H and O–H groups in total. The number of nitrogens with one attached hydrogen (secondary N) is 2. The third-order valence-corrected chi connectivity index (χ3v) is 7.92. The van der Waals surface area contributed by atoms with Crippen molar-refractivity contribution in [3.63, 3.8) is 0 Å². The number of anilines is 2. The fraction of sp³-hybridized carbons (Fsp3) is 0.464. The predicted molar refractivity (Wildman–Crippen MR) is 146 cm³/mol. The molecule has 1 aliphatic heterocycles. The first-order valence-electron chi connectivity index (χ1n) is 13.2. The van der Waals surface area contributed by atoms with Gasteiger partial charge in [-0.15, -0.1) is 0 Å². The number of halogens is 2. The van der Waals surface area contributed by atoms with Crippen molar-refractivity contribution in [2.24, 2.45) is 0 Å². The second kappa shape index (κ2) is 11.7. The fourth-order valence-electron chi connectivity index (χ4n) is 5.66. The van der Waals surface area contributed by atoms with E-state index in [0.29, 0.717) is 34.3 Å². The molecule has 0 radical (unpaired) electrons. The van der Waals surface area contributed by atoms with Gasteiger partial charge in [0, 0.05) is 24.5 Å². The van der Waals surface area contributed by atoms with Crippen LogP contribution in [0.2, 0.25) is 5.02 Å². The molecule has 2 fully saturated rings. The van der Waals surface area contributed by atoms with E-state index in [1.165, 1.54) is 12.4 Å². The summed E-state index contributed by atoms with van der Waals surface area (Å²) in [5.41, 5.74) is 0.866. The lowest BCUT2D eigenvalue weighted by molar-refractivity contribution is -0.128. The highest BCUT2D eigenvalue weighted by atomic mass is 35.5. The smallest absolute Gasteiger partial charge is 0.237 e. The molecule has 1 saturated carbocycles. The Morgan fingerprint density at radius 3 is 2.68 bits per heavy atom. The predicted octanol–water partition coefficient (Wildman–Crippen LogP) is 5.47. The summed E-state index contributed by atoms with van der Waals surface area (Å²) in [4.78, 5) is 23.6. The lowest BCUT2D eigenvalue weighted by Gasteiger charge is -2.43. The fourth-order valence-corrected chi connectivity index (χ4v) is 5.83. The first kappa shape index (κ1) is 26.4. The molecule has 1 saturated heterocycles. The van der Waals surface area contributed by atoms with Crippen molar-refractivity contribution in [3.05, 3.63) is 47.5 Å². The Balaban J connectivity index is 1.33. The van der Waals surface area contributed by atoms with Gasteiger partial charge in [0.15, 0.2) is 17.3 Å². The van der Waals surface area contributed by atoms with Gasteiger partial charge in [0.25, 0.3) is 0 Å². The van der Waals surface area contributed by atoms with Crippen LogP contribution in [-0.4, -0.2) is 59.7 Å². The Kier molecular flexibility index (Phi) is 8.14. The van der Waals surface area contributed by atoms with Crippen LogP contribution in [0.1, 0.15) is 44.9 Å². The number of rotatable bonds is 7. The highest BCUT2D eigenvalue weighted by molar-refractivity contribution is 6.31. The number of amides is 1. The lowest BCUT2D eigenvalue weighted by atomic mass is 9.88. The normalized spacial score (nSPS) is 22.2. The van der Waals surface area contributed by atoms with Crippen molar-refractivity contribution in [1.82, 2.24) is 20.2 Å². The maximum absolute atomic E-state index is 14.5. The third-order valence-electron chi connectivity index (χ3n) is 7.63. The molecule has 38 heavy (non-hydrogen) atoms. The Labute approximate surface area is 226 Å². The number of benzene rings is 2. The zero-order chi connectivity index (χ0) is 26.6. The molecular weight excluding hydrogens is 509 g/mol. The summed E-state index contributed by atoms with van der Waals surface area (Å²) in [6.45, 7) is 0.968. The van der Waals surface area contributed by atoms with Crippen molar-refractivity contribution < 1.29 is 18.7 Å². The van der Waals surface area contributed by atoms with Gasteiger partial charge in [-0.3, -0.25) is 9.69 Å². The molecule has 0 unspecified atom stereocenters. The van der Waals surface area contributed by atoms with E-state index in [2.05, 4.69) is 25.5 Å². The number of carbonyl (C=O) groups is 1. The van der Waals surface area contributed by atoms with Crippen LogP contribution in [0.25, 0.3) is 10.9 Å². The number of nitrogens with zero attached hydrogens (tertiary/aromatic N) is 3. The maximum atomic E-state index is 14.5. The highest BCUT2D eigenvalue weighted by Crippen LogP contribution is 2.38. The first-order valence-corrected chi connectivity index (χ1v) is 13.5. The number of likely N-dealkylation sites (N-methyl/N-ethyl adjacent to an activating group) is 1. The minimum atomic E-state index is -0.546. The summed E-state index contributed by atoms with van der Waals surface area (Å²) in [5.74, 6) is 1.18. The first-order chi connectivity index (χ1) is 18.5. The summed E-state index contributed by atoms with van der Waals surface area (Å²) in [7, 11) is 3.32. The van der Waals surface area contributed by atoms with Gasteiger partial charge in [0.1, 0.15) is 12.1 Å². The topological polar surface area (TPSA) is 88.6 Å². The molecule has 8 nitrogen and oxygen atoms in total. The van der Waals surface area contributed by atoms with Crippen LogP contribution in [0, 0.1) is 5.82 Å². The largest absolute Gasteiger partial charge is 0.493 e. The molecule has 5 rings (SSSR count). The SMILES string of the molecule is CNC(=O)[C@@H]1CCCCN1[C@H]1CC[C@H](Oc2cc3c(Nc4cccc(Cl)c4F)ncnc3cc2OC)CC1. The average Bonchev–Trinajstić information content (AvgIpc) is 2.95. The molecule has 3 aromatic rings. The van der Waals surface area contributed by atoms with Crippen LogP contribution in [0.3, 0.4) is 0 Å². The van der Waals surface area contributed by atoms with Crippen LogP contribution in [0.4, 0.5) is 15.9 Å². The monoisotopic (exact) mass is 541 g/mol. The molecule has 0 spiro atoms.